The van der Waals surface area contributed by atoms with E-state index in [-0.39, 0.29) is 17.6 Å². The topological polar surface area (TPSA) is 29.5 Å². The minimum atomic E-state index is -0.269. The van der Waals surface area contributed by atoms with Crippen molar-refractivity contribution in [1.82, 2.24) is 0 Å². The molecule has 0 N–H and O–H groups in total. The SMILES string of the molecule is CC[C@H](C(=O)OC)N1c2c(C)cccc2C(C)=CC1(C)C. The molecule has 0 saturated heterocycles. The van der Waals surface area contributed by atoms with Gasteiger partial charge in [0.2, 0.25) is 0 Å². The first kappa shape index (κ1) is 15.6. The lowest BCUT2D eigenvalue weighted by Gasteiger charge is -2.47. The van der Waals surface area contributed by atoms with E-state index in [1.807, 2.05) is 6.92 Å². The molecule has 21 heavy (non-hydrogen) atoms. The zero-order valence-corrected chi connectivity index (χ0v) is 13.9. The van der Waals surface area contributed by atoms with E-state index in [1.54, 1.807) is 0 Å². The number of allylic oxidation sites excluding steroid dienone is 1. The Bertz CT molecular complexity index is 587. The molecule has 0 amide bonds. The fraction of sp³-hybridized carbons (Fsp3) is 0.500. The van der Waals surface area contributed by atoms with Crippen LogP contribution in [0.3, 0.4) is 0 Å². The fourth-order valence-corrected chi connectivity index (χ4v) is 3.41. The fourth-order valence-electron chi connectivity index (χ4n) is 3.41. The van der Waals surface area contributed by atoms with Gasteiger partial charge in [0.05, 0.1) is 12.6 Å². The molecule has 114 valence electrons. The highest BCUT2D eigenvalue weighted by Crippen LogP contribution is 2.42. The molecule has 3 nitrogen and oxygen atoms in total. The molecule has 3 heteroatoms. The quantitative estimate of drug-likeness (QED) is 0.788. The first-order chi connectivity index (χ1) is 9.83. The van der Waals surface area contributed by atoms with E-state index in [1.165, 1.54) is 23.8 Å². The number of aryl methyl sites for hydroxylation is 1. The summed E-state index contributed by atoms with van der Waals surface area (Å²) >= 11 is 0. The highest BCUT2D eigenvalue weighted by molar-refractivity contribution is 5.88. The van der Waals surface area contributed by atoms with Crippen molar-refractivity contribution in [2.75, 3.05) is 12.0 Å². The van der Waals surface area contributed by atoms with Gasteiger partial charge >= 0.3 is 5.97 Å². The molecule has 0 spiro atoms. The predicted octanol–water partition coefficient (Wildman–Crippen LogP) is 3.95. The molecule has 1 atom stereocenters. The van der Waals surface area contributed by atoms with Crippen LogP contribution in [0.2, 0.25) is 0 Å². The number of rotatable bonds is 3. The second-order valence-corrected chi connectivity index (χ2v) is 6.27. The lowest BCUT2D eigenvalue weighted by molar-refractivity contribution is -0.142. The Labute approximate surface area is 127 Å². The van der Waals surface area contributed by atoms with Gasteiger partial charge < -0.3 is 9.64 Å². The molecular weight excluding hydrogens is 262 g/mol. The molecular formula is C18H25NO2. The largest absolute Gasteiger partial charge is 0.467 e. The summed E-state index contributed by atoms with van der Waals surface area (Å²) in [4.78, 5) is 14.5. The van der Waals surface area contributed by atoms with Crippen molar-refractivity contribution in [2.24, 2.45) is 0 Å². The summed E-state index contributed by atoms with van der Waals surface area (Å²) in [6, 6.07) is 6.03. The number of ether oxygens (including phenoxy) is 1. The van der Waals surface area contributed by atoms with Crippen molar-refractivity contribution in [3.63, 3.8) is 0 Å². The number of fused-ring (bicyclic) bond motifs is 1. The van der Waals surface area contributed by atoms with Gasteiger partial charge in [-0.05, 0) is 45.3 Å². The number of para-hydroxylation sites is 1. The molecule has 1 aromatic carbocycles. The Kier molecular flexibility index (Phi) is 4.13. The third-order valence-corrected chi connectivity index (χ3v) is 4.27. The molecule has 0 unspecified atom stereocenters. The Morgan fingerprint density at radius 2 is 2.00 bits per heavy atom. The van der Waals surface area contributed by atoms with Gasteiger partial charge in [-0.15, -0.1) is 0 Å². The average molecular weight is 287 g/mol. The summed E-state index contributed by atoms with van der Waals surface area (Å²) in [7, 11) is 1.46. The lowest BCUT2D eigenvalue weighted by Crippen LogP contribution is -2.54. The van der Waals surface area contributed by atoms with E-state index < -0.39 is 0 Å². The van der Waals surface area contributed by atoms with Crippen molar-refractivity contribution in [1.29, 1.82) is 0 Å². The van der Waals surface area contributed by atoms with Gasteiger partial charge in [-0.1, -0.05) is 31.2 Å². The standard InChI is InChI=1S/C18H25NO2/c1-7-15(17(20)21-6)19-16-12(2)9-8-10-14(16)13(3)11-18(19,4)5/h8-11,15H,7H2,1-6H3/t15-/m1/s1. The zero-order valence-electron chi connectivity index (χ0n) is 13.9. The van der Waals surface area contributed by atoms with Gasteiger partial charge in [0.1, 0.15) is 6.04 Å². The van der Waals surface area contributed by atoms with Gasteiger partial charge in [0, 0.05) is 11.3 Å². The average Bonchev–Trinajstić information content (AvgIpc) is 2.42. The Hall–Kier alpha value is -1.77. The minimum absolute atomic E-state index is 0.173. The van der Waals surface area contributed by atoms with Crippen LogP contribution in [0.25, 0.3) is 5.57 Å². The maximum absolute atomic E-state index is 12.2. The van der Waals surface area contributed by atoms with Crippen molar-refractivity contribution in [2.45, 2.75) is 52.6 Å². The zero-order chi connectivity index (χ0) is 15.8. The van der Waals surface area contributed by atoms with Crippen LogP contribution in [0.5, 0.6) is 0 Å². The van der Waals surface area contributed by atoms with Gasteiger partial charge in [0.15, 0.2) is 0 Å². The van der Waals surface area contributed by atoms with Gasteiger partial charge in [-0.2, -0.15) is 0 Å². The molecule has 1 heterocycles. The van der Waals surface area contributed by atoms with E-state index in [0.29, 0.717) is 0 Å². The molecule has 0 bridgehead atoms. The van der Waals surface area contributed by atoms with E-state index in [0.717, 1.165) is 12.1 Å². The molecule has 0 saturated carbocycles. The van der Waals surface area contributed by atoms with Gasteiger partial charge in [-0.25, -0.2) is 4.79 Å². The summed E-state index contributed by atoms with van der Waals surface area (Å²) in [6.07, 6.45) is 2.96. The molecule has 0 radical (unpaired) electrons. The summed E-state index contributed by atoms with van der Waals surface area (Å²) in [5.41, 5.74) is 4.58. The van der Waals surface area contributed by atoms with E-state index >= 15 is 0 Å². The van der Waals surface area contributed by atoms with Crippen LogP contribution >= 0.6 is 0 Å². The number of anilines is 1. The number of benzene rings is 1. The van der Waals surface area contributed by atoms with Crippen LogP contribution < -0.4 is 4.90 Å². The number of carbonyl (C=O) groups excluding carboxylic acids is 1. The second kappa shape index (κ2) is 5.55. The van der Waals surface area contributed by atoms with Gasteiger partial charge in [0.25, 0.3) is 0 Å². The maximum atomic E-state index is 12.2. The van der Waals surface area contributed by atoms with E-state index in [9.17, 15) is 4.79 Å². The molecule has 1 aromatic rings. The van der Waals surface area contributed by atoms with Crippen LogP contribution in [0.1, 0.15) is 45.2 Å². The summed E-state index contributed by atoms with van der Waals surface area (Å²) in [5, 5.41) is 0. The van der Waals surface area contributed by atoms with Crippen molar-refractivity contribution >= 4 is 17.2 Å². The molecule has 0 fully saturated rings. The monoisotopic (exact) mass is 287 g/mol. The Morgan fingerprint density at radius 3 is 2.57 bits per heavy atom. The number of carbonyl (C=O) groups is 1. The maximum Gasteiger partial charge on any atom is 0.328 e. The third kappa shape index (κ3) is 2.57. The van der Waals surface area contributed by atoms with Crippen LogP contribution in [-0.2, 0) is 9.53 Å². The van der Waals surface area contributed by atoms with Crippen molar-refractivity contribution < 1.29 is 9.53 Å². The summed E-state index contributed by atoms with van der Waals surface area (Å²) in [6.45, 7) is 10.6. The Morgan fingerprint density at radius 1 is 1.33 bits per heavy atom. The van der Waals surface area contributed by atoms with Crippen LogP contribution in [-0.4, -0.2) is 24.7 Å². The molecule has 2 rings (SSSR count). The molecule has 1 aliphatic rings. The summed E-state index contributed by atoms with van der Waals surface area (Å²) in [5.74, 6) is -0.173. The highest BCUT2D eigenvalue weighted by Gasteiger charge is 2.39. The molecule has 0 aliphatic carbocycles. The number of nitrogens with zero attached hydrogens (tertiary/aromatic N) is 1. The third-order valence-electron chi connectivity index (χ3n) is 4.27. The number of hydrogen-bond acceptors (Lipinski definition) is 3. The number of methoxy groups -OCH3 is 1. The first-order valence-corrected chi connectivity index (χ1v) is 7.50. The van der Waals surface area contributed by atoms with Gasteiger partial charge in [-0.3, -0.25) is 0 Å². The van der Waals surface area contributed by atoms with Crippen LogP contribution in [0, 0.1) is 6.92 Å². The lowest BCUT2D eigenvalue weighted by atomic mass is 9.85. The second-order valence-electron chi connectivity index (χ2n) is 6.27. The van der Waals surface area contributed by atoms with Crippen LogP contribution in [0.4, 0.5) is 5.69 Å². The highest BCUT2D eigenvalue weighted by atomic mass is 16.5. The molecule has 1 aliphatic heterocycles. The summed E-state index contributed by atoms with van der Waals surface area (Å²) < 4.78 is 5.03. The van der Waals surface area contributed by atoms with E-state index in [2.05, 4.69) is 56.9 Å². The first-order valence-electron chi connectivity index (χ1n) is 7.50. The smallest absolute Gasteiger partial charge is 0.328 e. The number of hydrogen-bond donors (Lipinski definition) is 0. The Balaban J connectivity index is 2.67. The predicted molar refractivity (Wildman–Crippen MR) is 87.5 cm³/mol. The van der Waals surface area contributed by atoms with Crippen LogP contribution in [0.15, 0.2) is 24.3 Å². The van der Waals surface area contributed by atoms with Crippen molar-refractivity contribution in [3.8, 4) is 0 Å². The van der Waals surface area contributed by atoms with Crippen molar-refractivity contribution in [3.05, 3.63) is 35.4 Å². The number of esters is 1. The minimum Gasteiger partial charge on any atom is -0.467 e. The van der Waals surface area contributed by atoms with E-state index in [4.69, 9.17) is 4.74 Å². The molecule has 0 aromatic heterocycles. The normalized spacial score (nSPS) is 17.8.